The number of unbranched alkanes of at least 4 members (excludes halogenated alkanes) is 1. The molecule has 3 aromatic rings. The van der Waals surface area contributed by atoms with E-state index in [0.717, 1.165) is 25.1 Å². The summed E-state index contributed by atoms with van der Waals surface area (Å²) < 4.78 is 8.92. The largest absolute Gasteiger partial charge is 0.494 e. The third kappa shape index (κ3) is 4.21. The van der Waals surface area contributed by atoms with Crippen LogP contribution in [-0.2, 0) is 13.6 Å². The Morgan fingerprint density at radius 1 is 1.19 bits per heavy atom. The van der Waals surface area contributed by atoms with E-state index in [1.165, 1.54) is 4.57 Å². The zero-order chi connectivity index (χ0) is 19.2. The molecule has 0 saturated carbocycles. The van der Waals surface area contributed by atoms with Crippen LogP contribution in [0.4, 0.5) is 5.95 Å². The van der Waals surface area contributed by atoms with Gasteiger partial charge in [0, 0.05) is 20.1 Å². The van der Waals surface area contributed by atoms with Gasteiger partial charge in [-0.2, -0.15) is 4.98 Å². The Morgan fingerprint density at radius 2 is 1.96 bits per heavy atom. The van der Waals surface area contributed by atoms with Crippen LogP contribution in [0.2, 0.25) is 0 Å². The number of fused-ring (bicyclic) bond motifs is 1. The van der Waals surface area contributed by atoms with Gasteiger partial charge in [-0.25, -0.2) is 4.79 Å². The van der Waals surface area contributed by atoms with E-state index in [1.807, 2.05) is 34.9 Å². The standard InChI is InChI=1S/C19H25N5O3/c1-3-4-11-20-18-21-16-15(17(25)22-19(26)23(16)2)24(18)12-8-13-27-14-9-6-5-7-10-14/h5-7,9-10H,3-4,8,11-13H2,1-2H3,(H,20,21)(H,22,25,26). The number of para-hydroxylation sites is 1. The van der Waals surface area contributed by atoms with Crippen LogP contribution >= 0.6 is 0 Å². The summed E-state index contributed by atoms with van der Waals surface area (Å²) in [5, 5.41) is 3.28. The maximum atomic E-state index is 12.4. The molecule has 2 heterocycles. The van der Waals surface area contributed by atoms with Crippen molar-refractivity contribution in [3.8, 4) is 5.75 Å². The Bertz CT molecular complexity index is 1000. The van der Waals surface area contributed by atoms with E-state index < -0.39 is 11.2 Å². The van der Waals surface area contributed by atoms with Crippen LogP contribution in [-0.4, -0.2) is 32.3 Å². The van der Waals surface area contributed by atoms with Crippen molar-refractivity contribution in [3.63, 3.8) is 0 Å². The molecular formula is C19H25N5O3. The summed E-state index contributed by atoms with van der Waals surface area (Å²) in [4.78, 5) is 31.1. The van der Waals surface area contributed by atoms with Gasteiger partial charge in [-0.05, 0) is 25.0 Å². The predicted molar refractivity (Wildman–Crippen MR) is 106 cm³/mol. The molecule has 3 rings (SSSR count). The molecule has 0 radical (unpaired) electrons. The number of anilines is 1. The molecule has 144 valence electrons. The molecule has 27 heavy (non-hydrogen) atoms. The number of aromatic amines is 1. The van der Waals surface area contributed by atoms with Crippen LogP contribution in [0, 0.1) is 0 Å². The Hall–Kier alpha value is -3.03. The number of nitrogens with one attached hydrogen (secondary N) is 2. The summed E-state index contributed by atoms with van der Waals surface area (Å²) in [6.45, 7) is 3.94. The summed E-state index contributed by atoms with van der Waals surface area (Å²) in [7, 11) is 1.60. The van der Waals surface area contributed by atoms with Crippen molar-refractivity contribution >= 4 is 17.1 Å². The first-order chi connectivity index (χ1) is 13.1. The van der Waals surface area contributed by atoms with Gasteiger partial charge in [0.2, 0.25) is 5.95 Å². The molecule has 0 bridgehead atoms. The van der Waals surface area contributed by atoms with Crippen LogP contribution in [0.3, 0.4) is 0 Å². The van der Waals surface area contributed by atoms with Crippen molar-refractivity contribution in [2.75, 3.05) is 18.5 Å². The lowest BCUT2D eigenvalue weighted by Gasteiger charge is -2.11. The minimum Gasteiger partial charge on any atom is -0.494 e. The Kier molecular flexibility index (Phi) is 5.95. The summed E-state index contributed by atoms with van der Waals surface area (Å²) >= 11 is 0. The van der Waals surface area contributed by atoms with Crippen molar-refractivity contribution in [2.24, 2.45) is 7.05 Å². The summed E-state index contributed by atoms with van der Waals surface area (Å²) in [5.74, 6) is 1.42. The maximum absolute atomic E-state index is 12.4. The second-order valence-corrected chi connectivity index (χ2v) is 6.37. The van der Waals surface area contributed by atoms with Gasteiger partial charge in [0.05, 0.1) is 6.61 Å². The number of hydrogen-bond acceptors (Lipinski definition) is 5. The Balaban J connectivity index is 1.82. The van der Waals surface area contributed by atoms with Crippen LogP contribution in [0.15, 0.2) is 39.9 Å². The number of aromatic nitrogens is 4. The van der Waals surface area contributed by atoms with Gasteiger partial charge in [0.25, 0.3) is 5.56 Å². The van der Waals surface area contributed by atoms with E-state index in [1.54, 1.807) is 7.05 Å². The van der Waals surface area contributed by atoms with Crippen molar-refractivity contribution < 1.29 is 4.74 Å². The molecule has 0 fully saturated rings. The van der Waals surface area contributed by atoms with Crippen LogP contribution in [0.1, 0.15) is 26.2 Å². The van der Waals surface area contributed by atoms with Crippen molar-refractivity contribution in [1.82, 2.24) is 19.1 Å². The lowest BCUT2D eigenvalue weighted by Crippen LogP contribution is -2.29. The molecule has 2 aromatic heterocycles. The number of rotatable bonds is 9. The fourth-order valence-corrected chi connectivity index (χ4v) is 2.89. The van der Waals surface area contributed by atoms with Gasteiger partial charge >= 0.3 is 5.69 Å². The molecule has 0 aliphatic rings. The van der Waals surface area contributed by atoms with E-state index >= 15 is 0 Å². The topological polar surface area (TPSA) is 93.9 Å². The first-order valence-corrected chi connectivity index (χ1v) is 9.23. The molecule has 0 amide bonds. The van der Waals surface area contributed by atoms with Gasteiger partial charge in [0.1, 0.15) is 5.75 Å². The smallest absolute Gasteiger partial charge is 0.329 e. The fraction of sp³-hybridized carbons (Fsp3) is 0.421. The van der Waals surface area contributed by atoms with Gasteiger partial charge < -0.3 is 14.6 Å². The molecule has 0 spiro atoms. The normalized spacial score (nSPS) is 11.0. The van der Waals surface area contributed by atoms with Gasteiger partial charge in [0.15, 0.2) is 11.2 Å². The average Bonchev–Trinajstić information content (AvgIpc) is 3.04. The number of ether oxygens (including phenoxy) is 1. The highest BCUT2D eigenvalue weighted by molar-refractivity contribution is 5.74. The summed E-state index contributed by atoms with van der Waals surface area (Å²) in [6, 6.07) is 9.61. The second-order valence-electron chi connectivity index (χ2n) is 6.37. The molecule has 1 aromatic carbocycles. The quantitative estimate of drug-likeness (QED) is 0.562. The number of imidazole rings is 1. The zero-order valence-corrected chi connectivity index (χ0v) is 15.7. The Morgan fingerprint density at radius 3 is 2.70 bits per heavy atom. The van der Waals surface area contributed by atoms with E-state index in [-0.39, 0.29) is 0 Å². The van der Waals surface area contributed by atoms with Gasteiger partial charge in [-0.1, -0.05) is 31.5 Å². The molecule has 0 atom stereocenters. The molecule has 0 unspecified atom stereocenters. The third-order valence-electron chi connectivity index (χ3n) is 4.36. The second kappa shape index (κ2) is 8.57. The highest BCUT2D eigenvalue weighted by atomic mass is 16.5. The summed E-state index contributed by atoms with van der Waals surface area (Å²) in [5.41, 5.74) is -0.111. The predicted octanol–water partition coefficient (Wildman–Crippen LogP) is 2.10. The fourth-order valence-electron chi connectivity index (χ4n) is 2.89. The first-order valence-electron chi connectivity index (χ1n) is 9.23. The highest BCUT2D eigenvalue weighted by Crippen LogP contribution is 2.16. The van der Waals surface area contributed by atoms with Crippen LogP contribution < -0.4 is 21.3 Å². The zero-order valence-electron chi connectivity index (χ0n) is 15.7. The van der Waals surface area contributed by atoms with Gasteiger partial charge in [-0.15, -0.1) is 0 Å². The maximum Gasteiger partial charge on any atom is 0.329 e. The monoisotopic (exact) mass is 371 g/mol. The molecule has 0 aliphatic heterocycles. The van der Waals surface area contributed by atoms with Gasteiger partial charge in [-0.3, -0.25) is 14.3 Å². The SMILES string of the molecule is CCCCNc1nc2c(c(=O)[nH]c(=O)n2C)n1CCCOc1ccccc1. The molecule has 8 heteroatoms. The molecule has 0 saturated heterocycles. The molecule has 0 aliphatic carbocycles. The number of aryl methyl sites for hydroxylation is 2. The number of H-pyrrole nitrogens is 1. The van der Waals surface area contributed by atoms with E-state index in [0.29, 0.717) is 36.7 Å². The number of hydrogen-bond donors (Lipinski definition) is 2. The lowest BCUT2D eigenvalue weighted by atomic mass is 10.3. The number of nitrogens with zero attached hydrogens (tertiary/aromatic N) is 3. The third-order valence-corrected chi connectivity index (χ3v) is 4.36. The first kappa shape index (κ1) is 18.8. The molecule has 8 nitrogen and oxygen atoms in total. The summed E-state index contributed by atoms with van der Waals surface area (Å²) in [6.07, 6.45) is 2.75. The van der Waals surface area contributed by atoms with Crippen molar-refractivity contribution in [1.29, 1.82) is 0 Å². The highest BCUT2D eigenvalue weighted by Gasteiger charge is 2.16. The number of benzene rings is 1. The minimum absolute atomic E-state index is 0.381. The molecule has 2 N–H and O–H groups in total. The van der Waals surface area contributed by atoms with E-state index in [9.17, 15) is 9.59 Å². The molecular weight excluding hydrogens is 346 g/mol. The Labute approximate surface area is 156 Å². The van der Waals surface area contributed by atoms with E-state index in [2.05, 4.69) is 22.2 Å². The van der Waals surface area contributed by atoms with Crippen LogP contribution in [0.5, 0.6) is 5.75 Å². The average molecular weight is 371 g/mol. The lowest BCUT2D eigenvalue weighted by molar-refractivity contribution is 0.303. The van der Waals surface area contributed by atoms with Crippen molar-refractivity contribution in [3.05, 3.63) is 51.2 Å². The van der Waals surface area contributed by atoms with Crippen molar-refractivity contribution in [2.45, 2.75) is 32.7 Å². The van der Waals surface area contributed by atoms with E-state index in [4.69, 9.17) is 4.74 Å². The minimum atomic E-state index is -0.468. The van der Waals surface area contributed by atoms with Crippen LogP contribution in [0.25, 0.3) is 11.2 Å².